The number of hydrogen-bond acceptors (Lipinski definition) is 4. The Hall–Kier alpha value is -2.12. The van der Waals surface area contributed by atoms with Crippen LogP contribution in [-0.2, 0) is 0 Å². The maximum atomic E-state index is 12.1. The van der Waals surface area contributed by atoms with Crippen LogP contribution < -0.4 is 10.5 Å². The van der Waals surface area contributed by atoms with Gasteiger partial charge in [0.2, 0.25) is 0 Å². The highest BCUT2D eigenvalue weighted by Gasteiger charge is 2.31. The van der Waals surface area contributed by atoms with Gasteiger partial charge in [0.05, 0.1) is 6.04 Å². The van der Waals surface area contributed by atoms with Gasteiger partial charge in [0.25, 0.3) is 0 Å². The van der Waals surface area contributed by atoms with Crippen molar-refractivity contribution in [2.24, 2.45) is 5.73 Å². The third kappa shape index (κ3) is 4.19. The molecule has 0 spiro atoms. The zero-order chi connectivity index (χ0) is 15.6. The number of aromatic hydroxyl groups is 2. The van der Waals surface area contributed by atoms with Crippen molar-refractivity contribution < 1.29 is 28.1 Å². The molecule has 0 unspecified atom stereocenters. The Morgan fingerprint density at radius 1 is 1.00 bits per heavy atom. The van der Waals surface area contributed by atoms with Crippen molar-refractivity contribution in [3.05, 3.63) is 53.6 Å². The third-order valence-corrected chi connectivity index (χ3v) is 2.85. The smallest absolute Gasteiger partial charge is 0.504 e. The molecule has 4 nitrogen and oxygen atoms in total. The summed E-state index contributed by atoms with van der Waals surface area (Å²) < 4.78 is 39.9. The van der Waals surface area contributed by atoms with Crippen molar-refractivity contribution >= 4 is 12.4 Å². The lowest BCUT2D eigenvalue weighted by Gasteiger charge is -2.15. The van der Waals surface area contributed by atoms with Crippen LogP contribution >= 0.6 is 12.4 Å². The first-order valence-corrected chi connectivity index (χ1v) is 5.90. The Kier molecular flexibility index (Phi) is 5.51. The minimum Gasteiger partial charge on any atom is -0.504 e. The summed E-state index contributed by atoms with van der Waals surface area (Å²) >= 11 is 0. The molecule has 0 bridgehead atoms. The fourth-order valence-electron chi connectivity index (χ4n) is 1.86. The molecule has 2 aromatic carbocycles. The van der Waals surface area contributed by atoms with Crippen LogP contribution in [0.15, 0.2) is 42.5 Å². The molecule has 0 aromatic heterocycles. The van der Waals surface area contributed by atoms with E-state index < -0.39 is 12.4 Å². The first-order valence-electron chi connectivity index (χ1n) is 5.90. The van der Waals surface area contributed by atoms with Gasteiger partial charge < -0.3 is 20.7 Å². The van der Waals surface area contributed by atoms with E-state index in [-0.39, 0.29) is 35.2 Å². The van der Waals surface area contributed by atoms with Gasteiger partial charge in [-0.3, -0.25) is 0 Å². The number of para-hydroxylation sites is 1. The Morgan fingerprint density at radius 3 is 2.14 bits per heavy atom. The summed E-state index contributed by atoms with van der Waals surface area (Å²) in [6.45, 7) is 0. The van der Waals surface area contributed by atoms with Gasteiger partial charge in [0, 0.05) is 5.56 Å². The van der Waals surface area contributed by atoms with Crippen LogP contribution in [0.4, 0.5) is 13.2 Å². The maximum Gasteiger partial charge on any atom is 0.573 e. The highest BCUT2D eigenvalue weighted by molar-refractivity contribution is 5.85. The molecule has 4 N–H and O–H groups in total. The normalized spacial score (nSPS) is 12.4. The van der Waals surface area contributed by atoms with E-state index in [1.165, 1.54) is 30.3 Å². The first-order chi connectivity index (χ1) is 9.78. The summed E-state index contributed by atoms with van der Waals surface area (Å²) in [4.78, 5) is 0. The van der Waals surface area contributed by atoms with Crippen molar-refractivity contribution in [1.82, 2.24) is 0 Å². The Balaban J connectivity index is 0.00000242. The average molecular weight is 336 g/mol. The Labute approximate surface area is 130 Å². The van der Waals surface area contributed by atoms with Crippen molar-refractivity contribution in [3.8, 4) is 17.2 Å². The number of alkyl halides is 3. The molecule has 120 valence electrons. The number of rotatable bonds is 3. The summed E-state index contributed by atoms with van der Waals surface area (Å²) in [5, 5.41) is 19.2. The molecule has 0 fully saturated rings. The molecule has 0 saturated heterocycles. The number of ether oxygens (including phenoxy) is 1. The summed E-state index contributed by atoms with van der Waals surface area (Å²) in [5.41, 5.74) is 6.66. The minimum atomic E-state index is -4.76. The highest BCUT2D eigenvalue weighted by Crippen LogP contribution is 2.34. The lowest BCUT2D eigenvalue weighted by Crippen LogP contribution is -2.17. The molecule has 0 heterocycles. The first kappa shape index (κ1) is 17.9. The quantitative estimate of drug-likeness (QED) is 0.751. The van der Waals surface area contributed by atoms with Gasteiger partial charge in [-0.15, -0.1) is 25.6 Å². The Morgan fingerprint density at radius 2 is 1.59 bits per heavy atom. The van der Waals surface area contributed by atoms with Crippen molar-refractivity contribution in [2.75, 3.05) is 0 Å². The molecule has 22 heavy (non-hydrogen) atoms. The summed E-state index contributed by atoms with van der Waals surface area (Å²) in [7, 11) is 0. The molecule has 0 aliphatic carbocycles. The van der Waals surface area contributed by atoms with E-state index in [9.17, 15) is 23.4 Å². The molecule has 2 aromatic rings. The van der Waals surface area contributed by atoms with Crippen LogP contribution in [0, 0.1) is 0 Å². The van der Waals surface area contributed by atoms with E-state index in [0.29, 0.717) is 5.56 Å². The average Bonchev–Trinajstić information content (AvgIpc) is 2.40. The maximum absolute atomic E-state index is 12.1. The molecule has 1 atom stereocenters. The van der Waals surface area contributed by atoms with Crippen LogP contribution in [0.3, 0.4) is 0 Å². The zero-order valence-electron chi connectivity index (χ0n) is 11.0. The standard InChI is InChI=1S/C14H12F3NO3.ClH/c15-14(16,17)21-9-6-4-8(5-7-9)12(18)10-2-1-3-11(19)13(10)20;/h1-7,12,19-20H,18H2;1H/t12-;/m0./s1. The predicted molar refractivity (Wildman–Crippen MR) is 76.2 cm³/mol. The minimum absolute atomic E-state index is 0. The van der Waals surface area contributed by atoms with Crippen LogP contribution in [0.2, 0.25) is 0 Å². The molecule has 0 radical (unpaired) electrons. The number of phenolic OH excluding ortho intramolecular Hbond substituents is 2. The second-order valence-electron chi connectivity index (χ2n) is 4.31. The number of halogens is 4. The molecule has 0 saturated carbocycles. The number of benzene rings is 2. The lowest BCUT2D eigenvalue weighted by atomic mass is 9.98. The van der Waals surface area contributed by atoms with Crippen LogP contribution in [0.1, 0.15) is 17.2 Å². The van der Waals surface area contributed by atoms with E-state index in [1.54, 1.807) is 0 Å². The van der Waals surface area contributed by atoms with Gasteiger partial charge in [-0.2, -0.15) is 0 Å². The second kappa shape index (κ2) is 6.76. The molecule has 2 rings (SSSR count). The van der Waals surface area contributed by atoms with Gasteiger partial charge in [0.15, 0.2) is 11.5 Å². The van der Waals surface area contributed by atoms with Crippen molar-refractivity contribution in [1.29, 1.82) is 0 Å². The van der Waals surface area contributed by atoms with Crippen molar-refractivity contribution in [2.45, 2.75) is 12.4 Å². The molecular formula is C14H13ClF3NO3. The summed E-state index contributed by atoms with van der Waals surface area (Å²) in [6, 6.07) is 8.49. The van der Waals surface area contributed by atoms with Crippen LogP contribution in [0.5, 0.6) is 17.2 Å². The van der Waals surface area contributed by atoms with Crippen LogP contribution in [-0.4, -0.2) is 16.6 Å². The fraction of sp³-hybridized carbons (Fsp3) is 0.143. The van der Waals surface area contributed by atoms with Gasteiger partial charge in [-0.05, 0) is 23.8 Å². The van der Waals surface area contributed by atoms with E-state index in [1.807, 2.05) is 0 Å². The summed E-state index contributed by atoms with van der Waals surface area (Å²) in [6.07, 6.45) is -4.76. The lowest BCUT2D eigenvalue weighted by molar-refractivity contribution is -0.274. The monoisotopic (exact) mass is 335 g/mol. The van der Waals surface area contributed by atoms with E-state index in [0.717, 1.165) is 12.1 Å². The predicted octanol–water partition coefficient (Wildman–Crippen LogP) is 3.47. The zero-order valence-corrected chi connectivity index (χ0v) is 11.9. The van der Waals surface area contributed by atoms with Gasteiger partial charge in [0.1, 0.15) is 5.75 Å². The SMILES string of the molecule is Cl.N[C@@H](c1ccc(OC(F)(F)F)cc1)c1cccc(O)c1O. The van der Waals surface area contributed by atoms with E-state index in [2.05, 4.69) is 4.74 Å². The topological polar surface area (TPSA) is 75.7 Å². The largest absolute Gasteiger partial charge is 0.573 e. The Bertz CT molecular complexity index is 632. The van der Waals surface area contributed by atoms with Gasteiger partial charge in [-0.1, -0.05) is 24.3 Å². The molecule has 0 amide bonds. The molecule has 8 heteroatoms. The van der Waals surface area contributed by atoms with Crippen molar-refractivity contribution in [3.63, 3.8) is 0 Å². The van der Waals surface area contributed by atoms with E-state index in [4.69, 9.17) is 5.73 Å². The summed E-state index contributed by atoms with van der Waals surface area (Å²) in [5.74, 6) is -1.04. The number of nitrogens with two attached hydrogens (primary N) is 1. The fourth-order valence-corrected chi connectivity index (χ4v) is 1.86. The van der Waals surface area contributed by atoms with E-state index >= 15 is 0 Å². The molecule has 0 aliphatic heterocycles. The van der Waals surface area contributed by atoms with Gasteiger partial charge in [-0.25, -0.2) is 0 Å². The second-order valence-corrected chi connectivity index (χ2v) is 4.31. The molecular weight excluding hydrogens is 323 g/mol. The van der Waals surface area contributed by atoms with Crippen LogP contribution in [0.25, 0.3) is 0 Å². The number of phenols is 2. The highest BCUT2D eigenvalue weighted by atomic mass is 35.5. The molecule has 0 aliphatic rings. The van der Waals surface area contributed by atoms with Gasteiger partial charge >= 0.3 is 6.36 Å². The number of hydrogen-bond donors (Lipinski definition) is 3. The third-order valence-electron chi connectivity index (χ3n) is 2.85.